The Balaban J connectivity index is 4.69. The van der Waals surface area contributed by atoms with Crippen LogP contribution in [0, 0.1) is 11.8 Å². The third kappa shape index (κ3) is 11.2. The Labute approximate surface area is 159 Å². The molecule has 0 bridgehead atoms. The summed E-state index contributed by atoms with van der Waals surface area (Å²) in [4.78, 5) is 24.0. The Bertz CT molecular complexity index is 430. The average molecular weight is 402 g/mol. The molecule has 0 aromatic heterocycles. The molecule has 0 aliphatic heterocycles. The van der Waals surface area contributed by atoms with Crippen molar-refractivity contribution in [2.24, 2.45) is 11.8 Å². The maximum absolute atomic E-state index is 12.2. The first-order valence-electron chi connectivity index (χ1n) is 8.02. The molecule has 0 aromatic carbocycles. The Kier molecular flexibility index (Phi) is 11.0. The first-order chi connectivity index (χ1) is 10.9. The van der Waals surface area contributed by atoms with Crippen molar-refractivity contribution in [3.8, 4) is 0 Å². The average Bonchev–Trinajstić information content (AvgIpc) is 2.45. The van der Waals surface area contributed by atoms with Gasteiger partial charge in [-0.2, -0.15) is 0 Å². The van der Waals surface area contributed by atoms with Gasteiger partial charge in [0.2, 0.25) is 3.79 Å². The van der Waals surface area contributed by atoms with Gasteiger partial charge in [0.15, 0.2) is 0 Å². The van der Waals surface area contributed by atoms with Crippen LogP contribution in [-0.2, 0) is 14.3 Å². The minimum absolute atomic E-state index is 0.0362. The van der Waals surface area contributed by atoms with Gasteiger partial charge in [0.1, 0.15) is 18.5 Å². The van der Waals surface area contributed by atoms with Crippen LogP contribution in [-0.4, -0.2) is 28.4 Å². The van der Waals surface area contributed by atoms with Gasteiger partial charge < -0.3 is 9.47 Å². The van der Waals surface area contributed by atoms with Crippen LogP contribution in [0.5, 0.6) is 0 Å². The quantitative estimate of drug-likeness (QED) is 0.199. The smallest absolute Gasteiger partial charge is 0.430 e. The molecule has 0 rings (SSSR count). The van der Waals surface area contributed by atoms with Crippen LogP contribution in [0.3, 0.4) is 0 Å². The van der Waals surface area contributed by atoms with E-state index < -0.39 is 28.6 Å². The third-order valence-electron chi connectivity index (χ3n) is 3.52. The number of Topliss-reactive ketones (excluding diaryl/α,β-unsaturated/α-hetero) is 1. The Morgan fingerprint density at radius 2 is 1.71 bits per heavy atom. The summed E-state index contributed by atoms with van der Waals surface area (Å²) < 4.78 is 8.40. The minimum Gasteiger partial charge on any atom is -0.430 e. The molecule has 0 saturated heterocycles. The highest BCUT2D eigenvalue weighted by Gasteiger charge is 2.30. The molecule has 0 aliphatic rings. The van der Waals surface area contributed by atoms with Crippen molar-refractivity contribution in [1.29, 1.82) is 0 Å². The molecule has 0 radical (unpaired) electrons. The predicted molar refractivity (Wildman–Crippen MR) is 98.8 cm³/mol. The maximum atomic E-state index is 12.2. The summed E-state index contributed by atoms with van der Waals surface area (Å²) in [7, 11) is 0. The van der Waals surface area contributed by atoms with Crippen LogP contribution in [0.25, 0.3) is 0 Å². The summed E-state index contributed by atoms with van der Waals surface area (Å²) in [5.74, 6) is -0.525. The summed E-state index contributed by atoms with van der Waals surface area (Å²) in [6.07, 6.45) is 1.70. The highest BCUT2D eigenvalue weighted by molar-refractivity contribution is 6.67. The molecule has 0 fully saturated rings. The van der Waals surface area contributed by atoms with E-state index >= 15 is 0 Å². The molecule has 2 atom stereocenters. The van der Waals surface area contributed by atoms with Gasteiger partial charge in [-0.15, -0.1) is 6.58 Å². The Morgan fingerprint density at radius 3 is 2.17 bits per heavy atom. The highest BCUT2D eigenvalue weighted by atomic mass is 35.6. The molecular formula is C17H27Cl3O4. The second-order valence-corrected chi connectivity index (χ2v) is 8.87. The zero-order valence-corrected chi connectivity index (χ0v) is 17.0. The van der Waals surface area contributed by atoms with Crippen molar-refractivity contribution < 1.29 is 19.1 Å². The molecule has 140 valence electrons. The van der Waals surface area contributed by atoms with Crippen molar-refractivity contribution in [1.82, 2.24) is 0 Å². The SMILES string of the molecule is C=C(C)CCCC[C@H](OC(=O)OCC(Cl)(Cl)Cl)[C@@H](C)C(=O)C(C)C. The number of hydrogen-bond acceptors (Lipinski definition) is 4. The summed E-state index contributed by atoms with van der Waals surface area (Å²) in [5.41, 5.74) is 1.10. The van der Waals surface area contributed by atoms with E-state index in [9.17, 15) is 9.59 Å². The summed E-state index contributed by atoms with van der Waals surface area (Å²) in [6.45, 7) is 10.8. The molecule has 24 heavy (non-hydrogen) atoms. The molecular weight excluding hydrogens is 375 g/mol. The lowest BCUT2D eigenvalue weighted by Gasteiger charge is -2.24. The van der Waals surface area contributed by atoms with Gasteiger partial charge in [0.05, 0.1) is 5.92 Å². The highest BCUT2D eigenvalue weighted by Crippen LogP contribution is 2.26. The van der Waals surface area contributed by atoms with E-state index in [1.54, 1.807) is 6.92 Å². The summed E-state index contributed by atoms with van der Waals surface area (Å²) in [5, 5.41) is 0. The van der Waals surface area contributed by atoms with E-state index in [-0.39, 0.29) is 11.7 Å². The number of carbonyl (C=O) groups is 2. The number of ketones is 1. The third-order valence-corrected chi connectivity index (χ3v) is 3.85. The number of carbonyl (C=O) groups excluding carboxylic acids is 2. The number of rotatable bonds is 10. The lowest BCUT2D eigenvalue weighted by Crippen LogP contribution is -2.33. The number of hydrogen-bond donors (Lipinski definition) is 0. The molecule has 0 aromatic rings. The van der Waals surface area contributed by atoms with Gasteiger partial charge in [-0.3, -0.25) is 4.79 Å². The van der Waals surface area contributed by atoms with E-state index in [0.29, 0.717) is 6.42 Å². The summed E-state index contributed by atoms with van der Waals surface area (Å²) in [6, 6.07) is 0. The lowest BCUT2D eigenvalue weighted by atomic mass is 9.89. The number of halogens is 3. The fraction of sp³-hybridized carbons (Fsp3) is 0.765. The lowest BCUT2D eigenvalue weighted by molar-refractivity contribution is -0.129. The van der Waals surface area contributed by atoms with Gasteiger partial charge in [-0.1, -0.05) is 61.1 Å². The minimum atomic E-state index is -1.70. The molecule has 0 amide bonds. The molecule has 7 heteroatoms. The second kappa shape index (κ2) is 11.2. The second-order valence-electron chi connectivity index (χ2n) is 6.36. The number of unbranched alkanes of at least 4 members (excludes halogenated alkanes) is 1. The van der Waals surface area contributed by atoms with Gasteiger partial charge in [-0.25, -0.2) is 4.79 Å². The Hall–Kier alpha value is -0.450. The molecule has 0 saturated carbocycles. The van der Waals surface area contributed by atoms with Crippen molar-refractivity contribution in [3.63, 3.8) is 0 Å². The zero-order valence-electron chi connectivity index (χ0n) is 14.7. The molecule has 0 aliphatic carbocycles. The van der Waals surface area contributed by atoms with Gasteiger partial charge in [-0.05, 0) is 32.6 Å². The maximum Gasteiger partial charge on any atom is 0.508 e. The summed E-state index contributed by atoms with van der Waals surface area (Å²) >= 11 is 16.6. The molecule has 0 spiro atoms. The number of ether oxygens (including phenoxy) is 2. The van der Waals surface area contributed by atoms with Crippen LogP contribution >= 0.6 is 34.8 Å². The van der Waals surface area contributed by atoms with E-state index in [2.05, 4.69) is 6.58 Å². The molecule has 0 heterocycles. The van der Waals surface area contributed by atoms with Crippen LogP contribution in [0.15, 0.2) is 12.2 Å². The number of allylic oxidation sites excluding steroid dienone is 1. The fourth-order valence-electron chi connectivity index (χ4n) is 2.19. The molecule has 0 unspecified atom stereocenters. The largest absolute Gasteiger partial charge is 0.508 e. The van der Waals surface area contributed by atoms with Crippen molar-refractivity contribution >= 4 is 46.7 Å². The topological polar surface area (TPSA) is 52.6 Å². The van der Waals surface area contributed by atoms with Crippen LogP contribution < -0.4 is 0 Å². The van der Waals surface area contributed by atoms with E-state index in [1.165, 1.54) is 0 Å². The van der Waals surface area contributed by atoms with E-state index in [0.717, 1.165) is 24.8 Å². The zero-order chi connectivity index (χ0) is 18.9. The van der Waals surface area contributed by atoms with Crippen molar-refractivity contribution in [2.45, 2.75) is 63.3 Å². The van der Waals surface area contributed by atoms with Gasteiger partial charge in [0.25, 0.3) is 0 Å². The van der Waals surface area contributed by atoms with Gasteiger partial charge in [0, 0.05) is 5.92 Å². The normalized spacial score (nSPS) is 14.2. The molecule has 4 nitrogen and oxygen atoms in total. The standard InChI is InChI=1S/C17H27Cl3O4/c1-11(2)8-6-7-9-14(13(5)15(21)12(3)4)24-16(22)23-10-17(18,19)20/h12-14H,1,6-10H2,2-5H3/t13-,14+/m1/s1. The molecule has 0 N–H and O–H groups in total. The van der Waals surface area contributed by atoms with Crippen LogP contribution in [0.4, 0.5) is 4.79 Å². The van der Waals surface area contributed by atoms with Crippen LogP contribution in [0.2, 0.25) is 0 Å². The van der Waals surface area contributed by atoms with Crippen molar-refractivity contribution in [2.75, 3.05) is 6.61 Å². The van der Waals surface area contributed by atoms with Crippen molar-refractivity contribution in [3.05, 3.63) is 12.2 Å². The van der Waals surface area contributed by atoms with E-state index in [1.807, 2.05) is 20.8 Å². The van der Waals surface area contributed by atoms with E-state index in [4.69, 9.17) is 44.3 Å². The first kappa shape index (κ1) is 23.5. The number of alkyl halides is 3. The van der Waals surface area contributed by atoms with Gasteiger partial charge >= 0.3 is 6.16 Å². The fourth-order valence-corrected chi connectivity index (χ4v) is 2.35. The first-order valence-corrected chi connectivity index (χ1v) is 9.15. The van der Waals surface area contributed by atoms with Crippen LogP contribution in [0.1, 0.15) is 53.4 Å². The monoisotopic (exact) mass is 400 g/mol. The predicted octanol–water partition coefficient (Wildman–Crippen LogP) is 5.88. The Morgan fingerprint density at radius 1 is 1.12 bits per heavy atom.